The Kier molecular flexibility index (Phi) is 5.22. The molecule has 1 fully saturated rings. The van der Waals surface area contributed by atoms with Gasteiger partial charge in [-0.25, -0.2) is 4.79 Å². The number of benzene rings is 1. The Morgan fingerprint density at radius 1 is 1.35 bits per heavy atom. The highest BCUT2D eigenvalue weighted by atomic mass is 79.9. The predicted molar refractivity (Wildman–Crippen MR) is 83.8 cm³/mol. The fourth-order valence-electron chi connectivity index (χ4n) is 2.90. The van der Waals surface area contributed by atoms with E-state index in [9.17, 15) is 4.79 Å². The molecule has 0 N–H and O–H groups in total. The Labute approximate surface area is 129 Å². The third-order valence-electron chi connectivity index (χ3n) is 4.20. The number of hydrogen-bond donors (Lipinski definition) is 0. The number of carbonyl (C=O) groups is 1. The van der Waals surface area contributed by atoms with Crippen LogP contribution in [0.2, 0.25) is 0 Å². The van der Waals surface area contributed by atoms with Gasteiger partial charge >= 0.3 is 5.97 Å². The van der Waals surface area contributed by atoms with Gasteiger partial charge in [-0.1, -0.05) is 28.4 Å². The van der Waals surface area contributed by atoms with E-state index in [1.165, 1.54) is 31.9 Å². The van der Waals surface area contributed by atoms with Gasteiger partial charge in [-0.2, -0.15) is 0 Å². The summed E-state index contributed by atoms with van der Waals surface area (Å²) in [5.41, 5.74) is 1.81. The van der Waals surface area contributed by atoms with E-state index in [0.717, 1.165) is 11.0 Å². The molecule has 1 aliphatic heterocycles. The highest BCUT2D eigenvalue weighted by molar-refractivity contribution is 9.10. The summed E-state index contributed by atoms with van der Waals surface area (Å²) in [5.74, 6) is -0.294. The van der Waals surface area contributed by atoms with E-state index in [2.05, 4.69) is 34.7 Å². The lowest BCUT2D eigenvalue weighted by Crippen LogP contribution is -2.43. The number of rotatable bonds is 3. The summed E-state index contributed by atoms with van der Waals surface area (Å²) in [6.07, 6.45) is 3.85. The summed E-state index contributed by atoms with van der Waals surface area (Å²) in [6, 6.07) is 6.94. The number of ether oxygens (including phenoxy) is 1. The number of methoxy groups -OCH3 is 1. The van der Waals surface area contributed by atoms with E-state index in [4.69, 9.17) is 4.74 Å². The SMILES string of the molecule is COC(=O)c1ccc(CN2[C@H](C)CCC[C@@H]2C)c(Br)c1. The predicted octanol–water partition coefficient (Wildman–Crippen LogP) is 4.00. The number of piperidine rings is 1. The van der Waals surface area contributed by atoms with Gasteiger partial charge in [-0.3, -0.25) is 4.90 Å². The normalized spacial score (nSPS) is 23.6. The summed E-state index contributed by atoms with van der Waals surface area (Å²) < 4.78 is 5.72. The van der Waals surface area contributed by atoms with Gasteiger partial charge in [0.1, 0.15) is 0 Å². The summed E-state index contributed by atoms with van der Waals surface area (Å²) in [7, 11) is 1.40. The molecule has 1 aromatic carbocycles. The van der Waals surface area contributed by atoms with Crippen LogP contribution in [0.3, 0.4) is 0 Å². The average Bonchev–Trinajstić information content (AvgIpc) is 2.43. The number of hydrogen-bond acceptors (Lipinski definition) is 3. The Balaban J connectivity index is 2.15. The van der Waals surface area contributed by atoms with Crippen molar-refractivity contribution in [3.63, 3.8) is 0 Å². The van der Waals surface area contributed by atoms with E-state index in [0.29, 0.717) is 17.6 Å². The van der Waals surface area contributed by atoms with Crippen LogP contribution in [0.25, 0.3) is 0 Å². The van der Waals surface area contributed by atoms with Gasteiger partial charge in [0.05, 0.1) is 12.7 Å². The van der Waals surface area contributed by atoms with E-state index < -0.39 is 0 Å². The van der Waals surface area contributed by atoms with Gasteiger partial charge < -0.3 is 4.74 Å². The van der Waals surface area contributed by atoms with Crippen LogP contribution in [-0.2, 0) is 11.3 Å². The molecular weight excluding hydrogens is 318 g/mol. The van der Waals surface area contributed by atoms with Crippen molar-refractivity contribution in [2.24, 2.45) is 0 Å². The van der Waals surface area contributed by atoms with Crippen molar-refractivity contribution in [2.45, 2.75) is 51.7 Å². The maximum atomic E-state index is 11.5. The molecule has 0 saturated carbocycles. The minimum atomic E-state index is -0.294. The van der Waals surface area contributed by atoms with Crippen LogP contribution in [0.4, 0.5) is 0 Å². The lowest BCUT2D eigenvalue weighted by molar-refractivity contribution is 0.0600. The smallest absolute Gasteiger partial charge is 0.337 e. The molecule has 0 radical (unpaired) electrons. The molecule has 1 aromatic rings. The summed E-state index contributed by atoms with van der Waals surface area (Å²) >= 11 is 3.58. The van der Waals surface area contributed by atoms with Crippen LogP contribution < -0.4 is 0 Å². The van der Waals surface area contributed by atoms with Crippen LogP contribution in [0.5, 0.6) is 0 Å². The molecule has 3 nitrogen and oxygen atoms in total. The fraction of sp³-hybridized carbons (Fsp3) is 0.562. The topological polar surface area (TPSA) is 29.5 Å². The fourth-order valence-corrected chi connectivity index (χ4v) is 3.41. The molecule has 20 heavy (non-hydrogen) atoms. The molecule has 0 spiro atoms. The molecule has 110 valence electrons. The average molecular weight is 340 g/mol. The Bertz CT molecular complexity index is 479. The molecule has 0 aliphatic carbocycles. The van der Waals surface area contributed by atoms with Crippen molar-refractivity contribution in [3.05, 3.63) is 33.8 Å². The number of likely N-dealkylation sites (tertiary alicyclic amines) is 1. The largest absolute Gasteiger partial charge is 0.465 e. The Morgan fingerprint density at radius 3 is 2.55 bits per heavy atom. The monoisotopic (exact) mass is 339 g/mol. The molecule has 1 aliphatic rings. The molecule has 2 rings (SSSR count). The molecule has 0 aromatic heterocycles. The van der Waals surface area contributed by atoms with Gasteiger partial charge in [-0.05, 0) is 44.4 Å². The van der Waals surface area contributed by atoms with E-state index in [-0.39, 0.29) is 5.97 Å². The van der Waals surface area contributed by atoms with Crippen molar-refractivity contribution < 1.29 is 9.53 Å². The molecule has 0 amide bonds. The van der Waals surface area contributed by atoms with Crippen LogP contribution in [0, 0.1) is 0 Å². The van der Waals surface area contributed by atoms with Gasteiger partial charge in [0.2, 0.25) is 0 Å². The third-order valence-corrected chi connectivity index (χ3v) is 4.94. The summed E-state index contributed by atoms with van der Waals surface area (Å²) in [6.45, 7) is 5.52. The zero-order valence-corrected chi connectivity index (χ0v) is 13.9. The highest BCUT2D eigenvalue weighted by Gasteiger charge is 2.25. The molecule has 1 heterocycles. The number of esters is 1. The van der Waals surface area contributed by atoms with Crippen molar-refractivity contribution in [3.8, 4) is 0 Å². The summed E-state index contributed by atoms with van der Waals surface area (Å²) in [5, 5.41) is 0. The lowest BCUT2D eigenvalue weighted by atomic mass is 9.96. The quantitative estimate of drug-likeness (QED) is 0.779. The van der Waals surface area contributed by atoms with E-state index in [1.807, 2.05) is 18.2 Å². The van der Waals surface area contributed by atoms with Crippen LogP contribution in [0.1, 0.15) is 49.0 Å². The second-order valence-electron chi connectivity index (χ2n) is 5.60. The molecule has 4 heteroatoms. The zero-order chi connectivity index (χ0) is 14.7. The van der Waals surface area contributed by atoms with E-state index >= 15 is 0 Å². The summed E-state index contributed by atoms with van der Waals surface area (Å²) in [4.78, 5) is 14.1. The second kappa shape index (κ2) is 6.72. The molecule has 1 saturated heterocycles. The van der Waals surface area contributed by atoms with Crippen LogP contribution in [-0.4, -0.2) is 30.1 Å². The lowest BCUT2D eigenvalue weighted by Gasteiger charge is -2.39. The number of nitrogens with zero attached hydrogens (tertiary/aromatic N) is 1. The first kappa shape index (κ1) is 15.5. The van der Waals surface area contributed by atoms with Crippen molar-refractivity contribution in [1.29, 1.82) is 0 Å². The first-order valence-corrected chi connectivity index (χ1v) is 7.94. The Morgan fingerprint density at radius 2 is 2.00 bits per heavy atom. The molecule has 0 unspecified atom stereocenters. The second-order valence-corrected chi connectivity index (χ2v) is 6.45. The van der Waals surface area contributed by atoms with Gasteiger partial charge in [-0.15, -0.1) is 0 Å². The zero-order valence-electron chi connectivity index (χ0n) is 12.4. The molecular formula is C16H22BrNO2. The number of halogens is 1. The van der Waals surface area contributed by atoms with E-state index in [1.54, 1.807) is 0 Å². The first-order chi connectivity index (χ1) is 9.52. The van der Waals surface area contributed by atoms with Crippen molar-refractivity contribution >= 4 is 21.9 Å². The first-order valence-electron chi connectivity index (χ1n) is 7.15. The van der Waals surface area contributed by atoms with Crippen LogP contribution >= 0.6 is 15.9 Å². The van der Waals surface area contributed by atoms with Gasteiger partial charge in [0.15, 0.2) is 0 Å². The molecule has 0 bridgehead atoms. The number of carbonyl (C=O) groups excluding carboxylic acids is 1. The van der Waals surface area contributed by atoms with Crippen molar-refractivity contribution in [2.75, 3.05) is 7.11 Å². The van der Waals surface area contributed by atoms with Crippen LogP contribution in [0.15, 0.2) is 22.7 Å². The maximum Gasteiger partial charge on any atom is 0.337 e. The minimum Gasteiger partial charge on any atom is -0.465 e. The van der Waals surface area contributed by atoms with Crippen molar-refractivity contribution in [1.82, 2.24) is 4.90 Å². The third kappa shape index (κ3) is 3.41. The minimum absolute atomic E-state index is 0.294. The standard InChI is InChI=1S/C16H22BrNO2/c1-11-5-4-6-12(2)18(11)10-14-8-7-13(9-15(14)17)16(19)20-3/h7-9,11-12H,4-6,10H2,1-3H3/t11-,12+. The molecule has 2 atom stereocenters. The van der Waals surface area contributed by atoms with Gasteiger partial charge in [0, 0.05) is 23.1 Å². The maximum absolute atomic E-state index is 11.5. The van der Waals surface area contributed by atoms with Gasteiger partial charge in [0.25, 0.3) is 0 Å². The highest BCUT2D eigenvalue weighted by Crippen LogP contribution is 2.27. The Hall–Kier alpha value is -0.870.